The monoisotopic (exact) mass is 280 g/mol. The van der Waals surface area contributed by atoms with Gasteiger partial charge in [0.05, 0.1) is 10.3 Å². The van der Waals surface area contributed by atoms with Crippen LogP contribution in [0.15, 0.2) is 12.4 Å². The Morgan fingerprint density at radius 3 is 2.45 bits per heavy atom. The largest absolute Gasteiger partial charge is 0.481 e. The van der Waals surface area contributed by atoms with Gasteiger partial charge in [0.2, 0.25) is 5.95 Å². The fourth-order valence-electron chi connectivity index (χ4n) is 2.45. The van der Waals surface area contributed by atoms with Crippen LogP contribution in [0.1, 0.15) is 32.1 Å². The first-order valence-corrected chi connectivity index (χ1v) is 6.47. The Kier molecular flexibility index (Phi) is 4.11. The van der Waals surface area contributed by atoms with E-state index in [4.69, 9.17) is 0 Å². The van der Waals surface area contributed by atoms with Crippen LogP contribution in [0.5, 0.6) is 0 Å². The highest BCUT2D eigenvalue weighted by Gasteiger charge is 2.39. The fraction of sp³-hybridized carbons (Fsp3) is 0.583. The number of aliphatic carboxylic acids is 1. The minimum absolute atomic E-state index is 0.193. The van der Waals surface area contributed by atoms with Gasteiger partial charge in [0.25, 0.3) is 0 Å². The van der Waals surface area contributed by atoms with E-state index in [1.807, 2.05) is 0 Å². The third-order valence-corrected chi connectivity index (χ3v) is 3.70. The summed E-state index contributed by atoms with van der Waals surface area (Å²) in [5.74, 6) is -0.603. The number of rotatable bonds is 5. The molecule has 0 bridgehead atoms. The SMILES string of the molecule is O=C(O)C1(CNc2ncc([N+](=O)[O-])cn2)CCCCC1. The summed E-state index contributed by atoms with van der Waals surface area (Å²) < 4.78 is 0. The minimum Gasteiger partial charge on any atom is -0.481 e. The Bertz CT molecular complexity index is 497. The van der Waals surface area contributed by atoms with Gasteiger partial charge in [-0.25, -0.2) is 9.97 Å². The van der Waals surface area contributed by atoms with Gasteiger partial charge in [-0.2, -0.15) is 0 Å². The number of carboxylic acid groups (broad SMARTS) is 1. The van der Waals surface area contributed by atoms with Gasteiger partial charge in [0.1, 0.15) is 12.4 Å². The van der Waals surface area contributed by atoms with Crippen LogP contribution >= 0.6 is 0 Å². The zero-order valence-electron chi connectivity index (χ0n) is 10.9. The van der Waals surface area contributed by atoms with Gasteiger partial charge in [-0.15, -0.1) is 0 Å². The van der Waals surface area contributed by atoms with Crippen molar-refractivity contribution in [2.24, 2.45) is 5.41 Å². The average Bonchev–Trinajstić information content (AvgIpc) is 2.46. The van der Waals surface area contributed by atoms with E-state index in [9.17, 15) is 20.0 Å². The molecule has 1 heterocycles. The highest BCUT2D eigenvalue weighted by molar-refractivity contribution is 5.75. The number of nitro groups is 1. The third-order valence-electron chi connectivity index (χ3n) is 3.70. The van der Waals surface area contributed by atoms with Crippen LogP contribution in [0.4, 0.5) is 11.6 Å². The molecule has 108 valence electrons. The highest BCUT2D eigenvalue weighted by Crippen LogP contribution is 2.36. The Morgan fingerprint density at radius 2 is 1.95 bits per heavy atom. The van der Waals surface area contributed by atoms with Crippen molar-refractivity contribution in [2.75, 3.05) is 11.9 Å². The van der Waals surface area contributed by atoms with Crippen molar-refractivity contribution in [2.45, 2.75) is 32.1 Å². The van der Waals surface area contributed by atoms with Crippen LogP contribution < -0.4 is 5.32 Å². The number of anilines is 1. The summed E-state index contributed by atoms with van der Waals surface area (Å²) in [5, 5.41) is 22.8. The molecule has 8 nitrogen and oxygen atoms in total. The van der Waals surface area contributed by atoms with Crippen molar-refractivity contribution in [3.05, 3.63) is 22.5 Å². The first kappa shape index (κ1) is 14.2. The number of carboxylic acids is 1. The number of aromatic nitrogens is 2. The van der Waals surface area contributed by atoms with Crippen molar-refractivity contribution in [1.29, 1.82) is 0 Å². The summed E-state index contributed by atoms with van der Waals surface area (Å²) in [7, 11) is 0. The van der Waals surface area contributed by atoms with E-state index in [0.29, 0.717) is 12.8 Å². The van der Waals surface area contributed by atoms with Gasteiger partial charge in [-0.05, 0) is 12.8 Å². The topological polar surface area (TPSA) is 118 Å². The summed E-state index contributed by atoms with van der Waals surface area (Å²) in [6, 6.07) is 0. The van der Waals surface area contributed by atoms with Gasteiger partial charge in [0, 0.05) is 6.54 Å². The molecule has 2 rings (SSSR count). The first-order chi connectivity index (χ1) is 9.53. The predicted octanol–water partition coefficient (Wildman–Crippen LogP) is 1.83. The van der Waals surface area contributed by atoms with E-state index in [1.54, 1.807) is 0 Å². The quantitative estimate of drug-likeness (QED) is 0.623. The minimum atomic E-state index is -0.813. The lowest BCUT2D eigenvalue weighted by atomic mass is 9.74. The standard InChI is InChI=1S/C12H16N4O4/c17-10(18)12(4-2-1-3-5-12)8-15-11-13-6-9(7-14-11)16(19)20/h6-7H,1-5,8H2,(H,17,18)(H,13,14,15). The van der Waals surface area contributed by atoms with E-state index >= 15 is 0 Å². The Hall–Kier alpha value is -2.25. The van der Waals surface area contributed by atoms with Gasteiger partial charge in [0.15, 0.2) is 0 Å². The second kappa shape index (κ2) is 5.81. The molecule has 1 aliphatic carbocycles. The highest BCUT2D eigenvalue weighted by atomic mass is 16.6. The number of hydrogen-bond acceptors (Lipinski definition) is 6. The molecule has 1 aliphatic rings. The second-order valence-electron chi connectivity index (χ2n) is 5.02. The summed E-state index contributed by atoms with van der Waals surface area (Å²) >= 11 is 0. The molecule has 1 aromatic heterocycles. The van der Waals surface area contributed by atoms with Crippen molar-refractivity contribution < 1.29 is 14.8 Å². The smallest absolute Gasteiger partial charge is 0.311 e. The zero-order valence-corrected chi connectivity index (χ0v) is 10.9. The van der Waals surface area contributed by atoms with E-state index in [1.165, 1.54) is 0 Å². The molecule has 0 aromatic carbocycles. The maximum atomic E-state index is 11.5. The van der Waals surface area contributed by atoms with Crippen LogP contribution in [0, 0.1) is 15.5 Å². The summed E-state index contributed by atoms with van der Waals surface area (Å²) in [4.78, 5) is 29.0. The predicted molar refractivity (Wildman–Crippen MR) is 70.3 cm³/mol. The van der Waals surface area contributed by atoms with Gasteiger partial charge in [-0.1, -0.05) is 19.3 Å². The molecule has 0 aliphatic heterocycles. The molecule has 0 radical (unpaired) electrons. The molecule has 1 saturated carbocycles. The van der Waals surface area contributed by atoms with Crippen molar-refractivity contribution in [3.63, 3.8) is 0 Å². The summed E-state index contributed by atoms with van der Waals surface area (Å²) in [5.41, 5.74) is -0.982. The molecule has 0 atom stereocenters. The lowest BCUT2D eigenvalue weighted by molar-refractivity contribution is -0.385. The van der Waals surface area contributed by atoms with Crippen molar-refractivity contribution >= 4 is 17.6 Å². The maximum Gasteiger partial charge on any atom is 0.311 e. The number of hydrogen-bond donors (Lipinski definition) is 2. The van der Waals surface area contributed by atoms with Crippen LogP contribution in [-0.4, -0.2) is 32.5 Å². The molecule has 0 amide bonds. The van der Waals surface area contributed by atoms with E-state index < -0.39 is 16.3 Å². The average molecular weight is 280 g/mol. The van der Waals surface area contributed by atoms with Crippen molar-refractivity contribution in [3.8, 4) is 0 Å². The van der Waals surface area contributed by atoms with E-state index in [2.05, 4.69) is 15.3 Å². The Morgan fingerprint density at radius 1 is 1.35 bits per heavy atom. The normalized spacial score (nSPS) is 17.4. The molecule has 0 spiro atoms. The number of nitrogens with zero attached hydrogens (tertiary/aromatic N) is 3. The molecule has 1 aromatic rings. The molecule has 0 unspecified atom stereocenters. The number of nitrogens with one attached hydrogen (secondary N) is 1. The summed E-state index contributed by atoms with van der Waals surface area (Å²) in [6.45, 7) is 0.236. The van der Waals surface area contributed by atoms with Crippen LogP contribution in [0.3, 0.4) is 0 Å². The Balaban J connectivity index is 2.02. The van der Waals surface area contributed by atoms with Crippen LogP contribution in [0.25, 0.3) is 0 Å². The molecule has 1 fully saturated rings. The van der Waals surface area contributed by atoms with Crippen LogP contribution in [0.2, 0.25) is 0 Å². The Labute approximate surface area is 115 Å². The fourth-order valence-corrected chi connectivity index (χ4v) is 2.45. The van der Waals surface area contributed by atoms with E-state index in [-0.39, 0.29) is 18.2 Å². The third kappa shape index (κ3) is 3.01. The number of carbonyl (C=O) groups is 1. The lowest BCUT2D eigenvalue weighted by Crippen LogP contribution is -2.39. The first-order valence-electron chi connectivity index (χ1n) is 6.47. The molecule has 8 heteroatoms. The molecule has 20 heavy (non-hydrogen) atoms. The molecular formula is C12H16N4O4. The maximum absolute atomic E-state index is 11.5. The molecular weight excluding hydrogens is 264 g/mol. The molecule has 2 N–H and O–H groups in total. The van der Waals surface area contributed by atoms with Gasteiger partial charge >= 0.3 is 11.7 Å². The second-order valence-corrected chi connectivity index (χ2v) is 5.02. The van der Waals surface area contributed by atoms with Crippen LogP contribution in [-0.2, 0) is 4.79 Å². The summed E-state index contributed by atoms with van der Waals surface area (Å²) in [6.07, 6.45) is 6.31. The van der Waals surface area contributed by atoms with Gasteiger partial charge in [-0.3, -0.25) is 14.9 Å². The zero-order chi connectivity index (χ0) is 14.6. The lowest BCUT2D eigenvalue weighted by Gasteiger charge is -2.33. The van der Waals surface area contributed by atoms with Gasteiger partial charge < -0.3 is 10.4 Å². The van der Waals surface area contributed by atoms with Crippen molar-refractivity contribution in [1.82, 2.24) is 9.97 Å². The molecule has 0 saturated heterocycles. The van der Waals surface area contributed by atoms with E-state index in [0.717, 1.165) is 31.7 Å².